The molecule has 3 rings (SSSR count). The Hall–Kier alpha value is -2.21. The molecule has 0 aromatic carbocycles. The van der Waals surface area contributed by atoms with E-state index in [1.54, 1.807) is 17.5 Å². The third-order valence-electron chi connectivity index (χ3n) is 4.21. The van der Waals surface area contributed by atoms with Crippen LogP contribution in [0.2, 0.25) is 0 Å². The van der Waals surface area contributed by atoms with E-state index in [9.17, 15) is 9.59 Å². The van der Waals surface area contributed by atoms with Gasteiger partial charge in [-0.15, -0.1) is 11.3 Å². The lowest BCUT2D eigenvalue weighted by atomic mass is 10.1. The summed E-state index contributed by atoms with van der Waals surface area (Å²) >= 11 is 1.62. The summed E-state index contributed by atoms with van der Waals surface area (Å²) < 4.78 is 0. The highest BCUT2D eigenvalue weighted by Crippen LogP contribution is 2.31. The number of nitrogens with one attached hydrogen (secondary N) is 1. The molecule has 2 aromatic rings. The van der Waals surface area contributed by atoms with Gasteiger partial charge in [-0.05, 0) is 35.9 Å². The summed E-state index contributed by atoms with van der Waals surface area (Å²) in [5.41, 5.74) is 1.89. The van der Waals surface area contributed by atoms with Crippen molar-refractivity contribution in [3.63, 3.8) is 0 Å². The molecule has 0 saturated carbocycles. The van der Waals surface area contributed by atoms with E-state index in [4.69, 9.17) is 0 Å². The van der Waals surface area contributed by atoms with Gasteiger partial charge in [-0.2, -0.15) is 0 Å². The number of amides is 2. The van der Waals surface area contributed by atoms with E-state index in [1.165, 1.54) is 6.92 Å². The van der Waals surface area contributed by atoms with E-state index < -0.39 is 0 Å². The van der Waals surface area contributed by atoms with Crippen LogP contribution in [0.25, 0.3) is 0 Å². The van der Waals surface area contributed by atoms with Gasteiger partial charge in [0, 0.05) is 31.1 Å². The van der Waals surface area contributed by atoms with Crippen LogP contribution in [0.1, 0.15) is 41.9 Å². The summed E-state index contributed by atoms with van der Waals surface area (Å²) in [4.78, 5) is 31.1. The summed E-state index contributed by atoms with van der Waals surface area (Å²) in [6.07, 6.45) is 4.21. The highest BCUT2D eigenvalue weighted by Gasteiger charge is 2.30. The minimum Gasteiger partial charge on any atom is -0.352 e. The number of likely N-dealkylation sites (tertiary alicyclic amines) is 1. The first-order valence-electron chi connectivity index (χ1n) is 8.14. The van der Waals surface area contributed by atoms with Crippen LogP contribution in [0.5, 0.6) is 0 Å². The van der Waals surface area contributed by atoms with Crippen LogP contribution in [-0.4, -0.2) is 28.2 Å². The Morgan fingerprint density at radius 3 is 2.92 bits per heavy atom. The van der Waals surface area contributed by atoms with Crippen LogP contribution in [0.3, 0.4) is 0 Å². The molecule has 1 aliphatic heterocycles. The number of nitrogens with zero attached hydrogens (tertiary/aromatic N) is 2. The average Bonchev–Trinajstić information content (AvgIpc) is 3.24. The van der Waals surface area contributed by atoms with Gasteiger partial charge in [0.05, 0.1) is 18.2 Å². The quantitative estimate of drug-likeness (QED) is 0.908. The van der Waals surface area contributed by atoms with E-state index in [-0.39, 0.29) is 17.9 Å². The van der Waals surface area contributed by atoms with Crippen molar-refractivity contribution in [3.05, 3.63) is 52.0 Å². The molecule has 0 unspecified atom stereocenters. The smallest absolute Gasteiger partial charge is 0.228 e. The highest BCUT2D eigenvalue weighted by molar-refractivity contribution is 7.10. The number of pyridine rings is 1. The van der Waals surface area contributed by atoms with Crippen LogP contribution in [-0.2, 0) is 22.6 Å². The lowest BCUT2D eigenvalue weighted by molar-refractivity contribution is -0.131. The molecule has 0 spiro atoms. The number of carbonyl (C=O) groups excluding carboxylic acids is 2. The maximum atomic E-state index is 12.6. The van der Waals surface area contributed by atoms with Gasteiger partial charge in [0.25, 0.3) is 0 Å². The summed E-state index contributed by atoms with van der Waals surface area (Å²) in [7, 11) is 0. The van der Waals surface area contributed by atoms with Crippen LogP contribution in [0.4, 0.5) is 0 Å². The second-order valence-corrected chi connectivity index (χ2v) is 7.03. The standard InChI is InChI=1S/C18H21N3O2S/c1-13(22)19-11-14-6-7-16(20-12-14)17-5-2-8-21(17)18(23)10-15-4-3-9-24-15/h3-4,6-7,9,12,17H,2,5,8,10-11H2,1H3,(H,19,22)/t17-/m0/s1. The lowest BCUT2D eigenvalue weighted by Crippen LogP contribution is -2.32. The molecule has 2 aromatic heterocycles. The normalized spacial score (nSPS) is 17.0. The second-order valence-electron chi connectivity index (χ2n) is 6.00. The van der Waals surface area contributed by atoms with E-state index in [0.717, 1.165) is 35.5 Å². The number of rotatable bonds is 5. The summed E-state index contributed by atoms with van der Waals surface area (Å²) in [6.45, 7) is 2.77. The highest BCUT2D eigenvalue weighted by atomic mass is 32.1. The minimum absolute atomic E-state index is 0.0554. The molecule has 0 bridgehead atoms. The predicted octanol–water partition coefficient (Wildman–Crippen LogP) is 2.69. The minimum atomic E-state index is -0.0554. The largest absolute Gasteiger partial charge is 0.352 e. The predicted molar refractivity (Wildman–Crippen MR) is 93.5 cm³/mol. The van der Waals surface area contributed by atoms with Crippen LogP contribution < -0.4 is 5.32 Å². The van der Waals surface area contributed by atoms with Crippen LogP contribution >= 0.6 is 11.3 Å². The monoisotopic (exact) mass is 343 g/mol. The zero-order valence-electron chi connectivity index (χ0n) is 13.7. The van der Waals surface area contributed by atoms with E-state index >= 15 is 0 Å². The van der Waals surface area contributed by atoms with Gasteiger partial charge in [0.15, 0.2) is 0 Å². The van der Waals surface area contributed by atoms with Gasteiger partial charge in [0.1, 0.15) is 0 Å². The van der Waals surface area contributed by atoms with Gasteiger partial charge < -0.3 is 10.2 Å². The first-order valence-corrected chi connectivity index (χ1v) is 9.02. The Labute approximate surface area is 145 Å². The van der Waals surface area contributed by atoms with Crippen molar-refractivity contribution in [2.45, 2.75) is 38.8 Å². The second kappa shape index (κ2) is 7.57. The van der Waals surface area contributed by atoms with Crippen molar-refractivity contribution in [2.24, 2.45) is 0 Å². The van der Waals surface area contributed by atoms with Crippen molar-refractivity contribution in [1.29, 1.82) is 0 Å². The van der Waals surface area contributed by atoms with Crippen LogP contribution in [0, 0.1) is 0 Å². The number of carbonyl (C=O) groups is 2. The first-order chi connectivity index (χ1) is 11.6. The Kier molecular flexibility index (Phi) is 5.25. The molecular weight excluding hydrogens is 322 g/mol. The molecule has 5 nitrogen and oxygen atoms in total. The Bertz CT molecular complexity index is 698. The van der Waals surface area contributed by atoms with E-state index in [0.29, 0.717) is 13.0 Å². The molecule has 1 N–H and O–H groups in total. The fourth-order valence-electron chi connectivity index (χ4n) is 3.00. The maximum absolute atomic E-state index is 12.6. The van der Waals surface area contributed by atoms with E-state index in [2.05, 4.69) is 10.3 Å². The molecule has 3 heterocycles. The van der Waals surface area contributed by atoms with Crippen molar-refractivity contribution in [1.82, 2.24) is 15.2 Å². The molecule has 1 atom stereocenters. The van der Waals surface area contributed by atoms with Gasteiger partial charge in [-0.3, -0.25) is 14.6 Å². The van der Waals surface area contributed by atoms with Gasteiger partial charge in [-0.25, -0.2) is 0 Å². The number of hydrogen-bond donors (Lipinski definition) is 1. The van der Waals surface area contributed by atoms with Crippen molar-refractivity contribution in [2.75, 3.05) is 6.54 Å². The summed E-state index contributed by atoms with van der Waals surface area (Å²) in [6, 6.07) is 7.98. The van der Waals surface area contributed by atoms with Crippen LogP contribution in [0.15, 0.2) is 35.8 Å². The molecular formula is C18H21N3O2S. The van der Waals surface area contributed by atoms with Gasteiger partial charge in [-0.1, -0.05) is 12.1 Å². The fourth-order valence-corrected chi connectivity index (χ4v) is 3.70. The number of aromatic nitrogens is 1. The lowest BCUT2D eigenvalue weighted by Gasteiger charge is -2.24. The number of hydrogen-bond acceptors (Lipinski definition) is 4. The third kappa shape index (κ3) is 4.00. The zero-order chi connectivity index (χ0) is 16.9. The number of thiophene rings is 1. The molecule has 1 saturated heterocycles. The molecule has 0 radical (unpaired) electrons. The molecule has 126 valence electrons. The Balaban J connectivity index is 1.66. The molecule has 24 heavy (non-hydrogen) atoms. The molecule has 1 aliphatic rings. The first kappa shape index (κ1) is 16.6. The van der Waals surface area contributed by atoms with Crippen molar-refractivity contribution < 1.29 is 9.59 Å². The zero-order valence-corrected chi connectivity index (χ0v) is 14.5. The van der Waals surface area contributed by atoms with Gasteiger partial charge in [0.2, 0.25) is 11.8 Å². The summed E-state index contributed by atoms with van der Waals surface area (Å²) in [5.74, 6) is 0.115. The molecule has 2 amide bonds. The van der Waals surface area contributed by atoms with Crippen molar-refractivity contribution >= 4 is 23.2 Å². The molecule has 6 heteroatoms. The third-order valence-corrected chi connectivity index (χ3v) is 5.09. The van der Waals surface area contributed by atoms with Crippen molar-refractivity contribution in [3.8, 4) is 0 Å². The topological polar surface area (TPSA) is 62.3 Å². The molecule has 0 aliphatic carbocycles. The maximum Gasteiger partial charge on any atom is 0.228 e. The Morgan fingerprint density at radius 2 is 2.25 bits per heavy atom. The molecule has 1 fully saturated rings. The van der Waals surface area contributed by atoms with E-state index in [1.807, 2.05) is 34.5 Å². The Morgan fingerprint density at radius 1 is 1.38 bits per heavy atom. The fraction of sp³-hybridized carbons (Fsp3) is 0.389. The summed E-state index contributed by atoms with van der Waals surface area (Å²) in [5, 5.41) is 4.76. The van der Waals surface area contributed by atoms with Gasteiger partial charge >= 0.3 is 0 Å². The SMILES string of the molecule is CC(=O)NCc1ccc([C@@H]2CCCN2C(=O)Cc2cccs2)nc1. The average molecular weight is 343 g/mol.